The van der Waals surface area contributed by atoms with Crippen LogP contribution in [0.3, 0.4) is 0 Å². The average Bonchev–Trinajstić information content (AvgIpc) is 2.98. The molecule has 1 fully saturated rings. The Balaban J connectivity index is 1.89. The fraction of sp³-hybridized carbons (Fsp3) is 0.250. The summed E-state index contributed by atoms with van der Waals surface area (Å²) in [6, 6.07) is 6.51. The Morgan fingerprint density at radius 2 is 2.05 bits per heavy atom. The fourth-order valence-electron chi connectivity index (χ4n) is 2.77. The van der Waals surface area contributed by atoms with Gasteiger partial charge in [0.25, 0.3) is 5.91 Å². The molecule has 1 atom stereocenters. The molecule has 0 radical (unpaired) electrons. The number of rotatable bonds is 2. The van der Waals surface area contributed by atoms with Crippen molar-refractivity contribution in [3.8, 4) is 0 Å². The lowest BCUT2D eigenvalue weighted by Gasteiger charge is -2.25. The van der Waals surface area contributed by atoms with Crippen molar-refractivity contribution in [1.82, 2.24) is 9.88 Å². The zero-order valence-corrected chi connectivity index (χ0v) is 13.1. The Labute approximate surface area is 137 Å². The van der Waals surface area contributed by atoms with Gasteiger partial charge in [-0.25, -0.2) is 4.39 Å². The number of carbonyl (C=O) groups excluding carboxylic acids is 1. The summed E-state index contributed by atoms with van der Waals surface area (Å²) >= 11 is 12.0. The SMILES string of the molecule is O=C(c1cncc(F)c1)N1CCCC1c1ccc(Cl)c(Cl)c1. The smallest absolute Gasteiger partial charge is 0.256 e. The molecule has 1 aromatic carbocycles. The molecule has 1 aliphatic rings. The van der Waals surface area contributed by atoms with Crippen LogP contribution in [0.5, 0.6) is 0 Å². The highest BCUT2D eigenvalue weighted by Gasteiger charge is 2.31. The molecule has 22 heavy (non-hydrogen) atoms. The first-order valence-corrected chi connectivity index (χ1v) is 7.68. The minimum Gasteiger partial charge on any atom is -0.332 e. The molecule has 0 spiro atoms. The third kappa shape index (κ3) is 2.94. The summed E-state index contributed by atoms with van der Waals surface area (Å²) in [5.41, 5.74) is 1.19. The molecular formula is C16H13Cl2FN2O. The number of likely N-dealkylation sites (tertiary alicyclic amines) is 1. The van der Waals surface area contributed by atoms with Gasteiger partial charge in [0.1, 0.15) is 5.82 Å². The first-order valence-electron chi connectivity index (χ1n) is 6.93. The van der Waals surface area contributed by atoms with Crippen molar-refractivity contribution in [1.29, 1.82) is 0 Å². The standard InChI is InChI=1S/C16H13Cl2FN2O/c17-13-4-3-10(7-14(13)18)15-2-1-5-21(15)16(22)11-6-12(19)9-20-8-11/h3-4,6-9,15H,1-2,5H2. The van der Waals surface area contributed by atoms with E-state index >= 15 is 0 Å². The van der Waals surface area contributed by atoms with E-state index in [1.807, 2.05) is 6.07 Å². The van der Waals surface area contributed by atoms with E-state index in [2.05, 4.69) is 4.98 Å². The zero-order valence-electron chi connectivity index (χ0n) is 11.6. The number of halogens is 3. The van der Waals surface area contributed by atoms with Crippen LogP contribution in [0, 0.1) is 5.82 Å². The van der Waals surface area contributed by atoms with Gasteiger partial charge in [-0.3, -0.25) is 9.78 Å². The van der Waals surface area contributed by atoms with Crippen LogP contribution >= 0.6 is 23.2 Å². The molecule has 3 nitrogen and oxygen atoms in total. The van der Waals surface area contributed by atoms with E-state index in [1.54, 1.807) is 17.0 Å². The Kier molecular flexibility index (Phi) is 4.32. The van der Waals surface area contributed by atoms with Crippen molar-refractivity contribution in [3.63, 3.8) is 0 Å². The minimum atomic E-state index is -0.517. The van der Waals surface area contributed by atoms with Gasteiger partial charge in [0.05, 0.1) is 27.8 Å². The summed E-state index contributed by atoms with van der Waals surface area (Å²) in [5.74, 6) is -0.739. The predicted octanol–water partition coefficient (Wildman–Crippen LogP) is 4.50. The van der Waals surface area contributed by atoms with Crippen LogP contribution in [0.2, 0.25) is 10.0 Å². The highest BCUT2D eigenvalue weighted by molar-refractivity contribution is 6.42. The largest absolute Gasteiger partial charge is 0.332 e. The molecule has 0 N–H and O–H groups in total. The zero-order chi connectivity index (χ0) is 15.7. The van der Waals surface area contributed by atoms with E-state index in [-0.39, 0.29) is 17.5 Å². The molecule has 3 rings (SSSR count). The number of nitrogens with zero attached hydrogens (tertiary/aromatic N) is 2. The van der Waals surface area contributed by atoms with Crippen LogP contribution in [0.4, 0.5) is 4.39 Å². The van der Waals surface area contributed by atoms with Crippen molar-refractivity contribution in [2.45, 2.75) is 18.9 Å². The van der Waals surface area contributed by atoms with E-state index < -0.39 is 5.82 Å². The predicted molar refractivity (Wildman–Crippen MR) is 83.7 cm³/mol. The van der Waals surface area contributed by atoms with Crippen LogP contribution < -0.4 is 0 Å². The van der Waals surface area contributed by atoms with Crippen molar-refractivity contribution in [2.75, 3.05) is 6.54 Å². The van der Waals surface area contributed by atoms with Crippen molar-refractivity contribution in [2.24, 2.45) is 0 Å². The lowest BCUT2D eigenvalue weighted by Crippen LogP contribution is -2.30. The molecule has 1 unspecified atom stereocenters. The molecule has 114 valence electrons. The van der Waals surface area contributed by atoms with Gasteiger partial charge in [-0.2, -0.15) is 0 Å². The molecular weight excluding hydrogens is 326 g/mol. The van der Waals surface area contributed by atoms with Crippen LogP contribution in [-0.4, -0.2) is 22.3 Å². The summed E-state index contributed by atoms with van der Waals surface area (Å²) in [6.07, 6.45) is 4.19. The summed E-state index contributed by atoms with van der Waals surface area (Å²) in [7, 11) is 0. The number of amides is 1. The third-order valence-corrected chi connectivity index (χ3v) is 4.53. The molecule has 1 saturated heterocycles. The van der Waals surface area contributed by atoms with Crippen LogP contribution in [0.25, 0.3) is 0 Å². The Morgan fingerprint density at radius 3 is 2.77 bits per heavy atom. The van der Waals surface area contributed by atoms with Gasteiger partial charge < -0.3 is 4.90 Å². The van der Waals surface area contributed by atoms with Gasteiger partial charge in [-0.1, -0.05) is 29.3 Å². The van der Waals surface area contributed by atoms with Crippen LogP contribution in [0.15, 0.2) is 36.7 Å². The fourth-order valence-corrected chi connectivity index (χ4v) is 3.08. The van der Waals surface area contributed by atoms with E-state index in [4.69, 9.17) is 23.2 Å². The van der Waals surface area contributed by atoms with Crippen molar-refractivity contribution < 1.29 is 9.18 Å². The van der Waals surface area contributed by atoms with E-state index in [1.165, 1.54) is 12.3 Å². The lowest BCUT2D eigenvalue weighted by atomic mass is 10.0. The second-order valence-electron chi connectivity index (χ2n) is 5.22. The van der Waals surface area contributed by atoms with Crippen LogP contribution in [-0.2, 0) is 0 Å². The van der Waals surface area contributed by atoms with Gasteiger partial charge in [0.15, 0.2) is 0 Å². The molecule has 0 saturated carbocycles. The first kappa shape index (κ1) is 15.3. The number of pyridine rings is 1. The number of aromatic nitrogens is 1. The topological polar surface area (TPSA) is 33.2 Å². The summed E-state index contributed by atoms with van der Waals surface area (Å²) in [5, 5.41) is 0.946. The van der Waals surface area contributed by atoms with Crippen molar-refractivity contribution in [3.05, 3.63) is 63.6 Å². The average molecular weight is 339 g/mol. The maximum absolute atomic E-state index is 13.3. The minimum absolute atomic E-state index is 0.0782. The maximum Gasteiger partial charge on any atom is 0.256 e. The van der Waals surface area contributed by atoms with Crippen molar-refractivity contribution >= 4 is 29.1 Å². The molecule has 1 aliphatic heterocycles. The van der Waals surface area contributed by atoms with Gasteiger partial charge in [-0.05, 0) is 36.6 Å². The molecule has 1 aromatic heterocycles. The number of hydrogen-bond acceptors (Lipinski definition) is 2. The Hall–Kier alpha value is -1.65. The monoisotopic (exact) mass is 338 g/mol. The van der Waals surface area contributed by atoms with E-state index in [0.717, 1.165) is 24.6 Å². The Morgan fingerprint density at radius 1 is 1.23 bits per heavy atom. The second-order valence-corrected chi connectivity index (χ2v) is 6.04. The van der Waals surface area contributed by atoms with E-state index in [0.29, 0.717) is 16.6 Å². The van der Waals surface area contributed by atoms with Gasteiger partial charge in [0.2, 0.25) is 0 Å². The first-order chi connectivity index (χ1) is 10.6. The quantitative estimate of drug-likeness (QED) is 0.807. The normalized spacial score (nSPS) is 17.8. The molecule has 1 amide bonds. The molecule has 2 aromatic rings. The van der Waals surface area contributed by atoms with E-state index in [9.17, 15) is 9.18 Å². The third-order valence-electron chi connectivity index (χ3n) is 3.79. The summed E-state index contributed by atoms with van der Waals surface area (Å²) < 4.78 is 13.3. The van der Waals surface area contributed by atoms with Gasteiger partial charge >= 0.3 is 0 Å². The maximum atomic E-state index is 13.3. The highest BCUT2D eigenvalue weighted by atomic mass is 35.5. The number of hydrogen-bond donors (Lipinski definition) is 0. The number of benzene rings is 1. The molecule has 0 aliphatic carbocycles. The molecule has 6 heteroatoms. The molecule has 0 bridgehead atoms. The Bertz CT molecular complexity index is 723. The number of carbonyl (C=O) groups is 1. The van der Waals surface area contributed by atoms with Gasteiger partial charge in [0, 0.05) is 12.7 Å². The summed E-state index contributed by atoms with van der Waals surface area (Å²) in [6.45, 7) is 0.625. The van der Waals surface area contributed by atoms with Crippen LogP contribution in [0.1, 0.15) is 34.8 Å². The second kappa shape index (κ2) is 6.23. The summed E-state index contributed by atoms with van der Waals surface area (Å²) in [4.78, 5) is 18.1. The lowest BCUT2D eigenvalue weighted by molar-refractivity contribution is 0.0734. The highest BCUT2D eigenvalue weighted by Crippen LogP contribution is 2.35. The van der Waals surface area contributed by atoms with Gasteiger partial charge in [-0.15, -0.1) is 0 Å². The molecule has 2 heterocycles.